The summed E-state index contributed by atoms with van der Waals surface area (Å²) in [5.41, 5.74) is 0. The van der Waals surface area contributed by atoms with E-state index < -0.39 is 15.6 Å². The Morgan fingerprint density at radius 1 is 0.652 bits per heavy atom. The molecule has 0 aromatic rings. The molecule has 136 valence electrons. The largest absolute Gasteiger partial charge is 1.00 e. The standard InChI is InChI=1S/C10H22O.2Na.2H3O4P.2H/c1-2-3-4-5-6-7-8-9-10-11;;;2*1-5(2,3)4;;/h11H,2-10H2,1H3;;;2*(H3,1,2,3,4);;/q;2*+1;;;2*-1. The van der Waals surface area contributed by atoms with Gasteiger partial charge in [0.2, 0.25) is 0 Å². The minimum atomic E-state index is -4.64. The molecule has 0 bridgehead atoms. The van der Waals surface area contributed by atoms with E-state index in [4.69, 9.17) is 43.6 Å². The Balaban J connectivity index is -0.0000000401. The monoisotopic (exact) mass is 402 g/mol. The van der Waals surface area contributed by atoms with Gasteiger partial charge in [0.05, 0.1) is 0 Å². The average Bonchev–Trinajstić information content (AvgIpc) is 2.23. The van der Waals surface area contributed by atoms with Gasteiger partial charge in [0.25, 0.3) is 0 Å². The quantitative estimate of drug-likeness (QED) is 0.120. The molecule has 0 saturated carbocycles. The molecule has 0 aliphatic heterocycles. The number of aliphatic hydroxyl groups excluding tert-OH is 1. The van der Waals surface area contributed by atoms with E-state index in [9.17, 15) is 0 Å². The zero-order valence-electron chi connectivity index (χ0n) is 16.2. The number of hydrogen-bond acceptors (Lipinski definition) is 3. The fourth-order valence-electron chi connectivity index (χ4n) is 1.25. The molecular weight excluding hydrogens is 372 g/mol. The first-order valence-corrected chi connectivity index (χ1v) is 9.72. The average molecular weight is 402 g/mol. The molecule has 0 spiro atoms. The van der Waals surface area contributed by atoms with Gasteiger partial charge in [-0.05, 0) is 6.42 Å². The summed E-state index contributed by atoms with van der Waals surface area (Å²) in [5.74, 6) is 0. The maximum absolute atomic E-state index is 8.88. The summed E-state index contributed by atoms with van der Waals surface area (Å²) in [7, 11) is -9.28. The van der Waals surface area contributed by atoms with E-state index in [2.05, 4.69) is 6.92 Å². The molecule has 0 atom stereocenters. The molecule has 0 amide bonds. The molecule has 0 saturated heterocycles. The topological polar surface area (TPSA) is 176 Å². The van der Waals surface area contributed by atoms with Crippen LogP contribution in [0.3, 0.4) is 0 Å². The van der Waals surface area contributed by atoms with Crippen LogP contribution in [0.25, 0.3) is 0 Å². The fraction of sp³-hybridized carbons (Fsp3) is 1.00. The molecule has 0 aromatic heterocycles. The summed E-state index contributed by atoms with van der Waals surface area (Å²) >= 11 is 0. The van der Waals surface area contributed by atoms with Crippen LogP contribution in [-0.2, 0) is 9.13 Å². The molecule has 0 radical (unpaired) electrons. The summed E-state index contributed by atoms with van der Waals surface area (Å²) < 4.78 is 17.8. The van der Waals surface area contributed by atoms with Crippen LogP contribution in [0.2, 0.25) is 0 Å². The molecule has 13 heteroatoms. The van der Waals surface area contributed by atoms with E-state index in [1.807, 2.05) is 0 Å². The Hall–Kier alpha value is 2.18. The van der Waals surface area contributed by atoms with Gasteiger partial charge < -0.3 is 37.3 Å². The molecule has 0 aromatic carbocycles. The van der Waals surface area contributed by atoms with E-state index in [0.29, 0.717) is 6.61 Å². The summed E-state index contributed by atoms with van der Waals surface area (Å²) in [5, 5.41) is 8.51. The summed E-state index contributed by atoms with van der Waals surface area (Å²) in [4.78, 5) is 43.1. The molecule has 0 aliphatic rings. The third kappa shape index (κ3) is 115. The predicted octanol–water partition coefficient (Wildman–Crippen LogP) is -4.50. The molecule has 0 rings (SSSR count). The predicted molar refractivity (Wildman–Crippen MR) is 80.4 cm³/mol. The first-order chi connectivity index (χ1) is 9.41. The van der Waals surface area contributed by atoms with Crippen LogP contribution in [0.15, 0.2) is 0 Å². The molecule has 0 fully saturated rings. The molecule has 7 N–H and O–H groups in total. The molecule has 9 nitrogen and oxygen atoms in total. The number of aliphatic hydroxyl groups is 1. The van der Waals surface area contributed by atoms with Crippen molar-refractivity contribution < 1.29 is 106 Å². The van der Waals surface area contributed by atoms with E-state index in [-0.39, 0.29) is 62.0 Å². The SMILES string of the molecule is CCCCCCCCCCO.O=P(O)(O)O.O=P(O)(O)O.[H-].[H-].[Na+].[Na+]. The first kappa shape index (κ1) is 36.2. The second kappa shape index (κ2) is 24.2. The van der Waals surface area contributed by atoms with Gasteiger partial charge in [0.15, 0.2) is 0 Å². The second-order valence-corrected chi connectivity index (χ2v) is 6.28. The van der Waals surface area contributed by atoms with Crippen LogP contribution in [-0.4, -0.2) is 41.1 Å². The van der Waals surface area contributed by atoms with E-state index in [1.165, 1.54) is 44.9 Å². The van der Waals surface area contributed by atoms with Gasteiger partial charge in [-0.1, -0.05) is 51.9 Å². The van der Waals surface area contributed by atoms with E-state index in [0.717, 1.165) is 6.42 Å². The smallest absolute Gasteiger partial charge is 1.00 e. The van der Waals surface area contributed by atoms with Gasteiger partial charge in [-0.25, -0.2) is 9.13 Å². The minimum Gasteiger partial charge on any atom is -1.00 e. The van der Waals surface area contributed by atoms with Crippen molar-refractivity contribution >= 4 is 15.6 Å². The molecule has 0 aliphatic carbocycles. The number of phosphoric acid groups is 2. The summed E-state index contributed by atoms with van der Waals surface area (Å²) in [6.07, 6.45) is 10.4. The number of unbranched alkanes of at least 4 members (excludes halogenated alkanes) is 7. The van der Waals surface area contributed by atoms with Crippen molar-refractivity contribution in [1.82, 2.24) is 0 Å². The van der Waals surface area contributed by atoms with Crippen LogP contribution in [0.4, 0.5) is 0 Å². The Kier molecular flexibility index (Phi) is 38.0. The third-order valence-corrected chi connectivity index (χ3v) is 2.01. The van der Waals surface area contributed by atoms with Crippen LogP contribution >= 0.6 is 15.6 Å². The van der Waals surface area contributed by atoms with Crippen LogP contribution in [0, 0.1) is 0 Å². The Labute approximate surface area is 184 Å². The van der Waals surface area contributed by atoms with Gasteiger partial charge >= 0.3 is 74.8 Å². The minimum absolute atomic E-state index is 0. The van der Waals surface area contributed by atoms with Gasteiger partial charge in [0.1, 0.15) is 0 Å². The molecule has 23 heavy (non-hydrogen) atoms. The van der Waals surface area contributed by atoms with Crippen molar-refractivity contribution in [3.8, 4) is 0 Å². The summed E-state index contributed by atoms with van der Waals surface area (Å²) in [6, 6.07) is 0. The van der Waals surface area contributed by atoms with Gasteiger partial charge in [-0.15, -0.1) is 0 Å². The zero-order chi connectivity index (χ0) is 17.4. The van der Waals surface area contributed by atoms with Crippen LogP contribution in [0.5, 0.6) is 0 Å². The van der Waals surface area contributed by atoms with Gasteiger partial charge in [-0.2, -0.15) is 0 Å². The molecular formula is C10H30Na2O9P2. The van der Waals surface area contributed by atoms with Gasteiger partial charge in [-0.3, -0.25) is 0 Å². The molecule has 0 heterocycles. The van der Waals surface area contributed by atoms with Gasteiger partial charge in [0, 0.05) is 6.61 Å². The Bertz CT molecular complexity index is 262. The first-order valence-electron chi connectivity index (χ1n) is 6.59. The van der Waals surface area contributed by atoms with Crippen molar-refractivity contribution in [3.63, 3.8) is 0 Å². The third-order valence-electron chi connectivity index (χ3n) is 2.01. The van der Waals surface area contributed by atoms with Crippen LogP contribution < -0.4 is 59.1 Å². The normalized spacial score (nSPS) is 10.1. The number of hydrogen-bond donors (Lipinski definition) is 7. The van der Waals surface area contributed by atoms with Crippen molar-refractivity contribution in [3.05, 3.63) is 0 Å². The van der Waals surface area contributed by atoms with Crippen molar-refractivity contribution in [1.29, 1.82) is 0 Å². The Morgan fingerprint density at radius 2 is 0.870 bits per heavy atom. The maximum atomic E-state index is 8.88. The van der Waals surface area contributed by atoms with Crippen molar-refractivity contribution in [2.75, 3.05) is 6.61 Å². The maximum Gasteiger partial charge on any atom is 1.00 e. The summed E-state index contributed by atoms with van der Waals surface area (Å²) in [6.45, 7) is 2.61. The van der Waals surface area contributed by atoms with Crippen molar-refractivity contribution in [2.24, 2.45) is 0 Å². The van der Waals surface area contributed by atoms with E-state index >= 15 is 0 Å². The fourth-order valence-corrected chi connectivity index (χ4v) is 1.25. The van der Waals surface area contributed by atoms with Crippen LogP contribution in [0.1, 0.15) is 61.1 Å². The number of rotatable bonds is 8. The van der Waals surface area contributed by atoms with Crippen molar-refractivity contribution in [2.45, 2.75) is 58.3 Å². The Morgan fingerprint density at radius 3 is 1.09 bits per heavy atom. The zero-order valence-corrected chi connectivity index (χ0v) is 20.0. The second-order valence-electron chi connectivity index (χ2n) is 4.23. The van der Waals surface area contributed by atoms with E-state index in [1.54, 1.807) is 0 Å². The molecule has 0 unspecified atom stereocenters.